The zero-order valence-electron chi connectivity index (χ0n) is 10.3. The van der Waals surface area contributed by atoms with Gasteiger partial charge in [0.15, 0.2) is 0 Å². The fourth-order valence-electron chi connectivity index (χ4n) is 1.67. The van der Waals surface area contributed by atoms with Crippen LogP contribution in [0.4, 0.5) is 0 Å². The number of hydrogen-bond donors (Lipinski definition) is 2. The van der Waals surface area contributed by atoms with Crippen molar-refractivity contribution in [3.05, 3.63) is 29.8 Å². The second-order valence-electron chi connectivity index (χ2n) is 4.14. The Balaban J connectivity index is 2.97. The first-order chi connectivity index (χ1) is 8.01. The minimum atomic E-state index is -0.727. The Morgan fingerprint density at radius 2 is 2.00 bits per heavy atom. The summed E-state index contributed by atoms with van der Waals surface area (Å²) >= 11 is 0. The van der Waals surface area contributed by atoms with Crippen LogP contribution in [-0.4, -0.2) is 17.6 Å². The van der Waals surface area contributed by atoms with Crippen LogP contribution in [0.15, 0.2) is 24.3 Å². The van der Waals surface area contributed by atoms with E-state index >= 15 is 0 Å². The van der Waals surface area contributed by atoms with Gasteiger partial charge in [0, 0.05) is 12.8 Å². The molecule has 0 aromatic heterocycles. The molecule has 0 aliphatic rings. The largest absolute Gasteiger partial charge is 0.508 e. The van der Waals surface area contributed by atoms with Crippen LogP contribution in [0.1, 0.15) is 32.3 Å². The number of aromatic hydroxyl groups is 1. The van der Waals surface area contributed by atoms with Crippen molar-refractivity contribution in [3.8, 4) is 5.75 Å². The van der Waals surface area contributed by atoms with Gasteiger partial charge >= 0.3 is 5.97 Å². The number of esters is 1. The maximum atomic E-state index is 11.4. The summed E-state index contributed by atoms with van der Waals surface area (Å²) in [4.78, 5) is 11.4. The van der Waals surface area contributed by atoms with Gasteiger partial charge in [-0.2, -0.15) is 0 Å². The van der Waals surface area contributed by atoms with Crippen LogP contribution in [0.25, 0.3) is 0 Å². The quantitative estimate of drug-likeness (QED) is 0.767. The lowest BCUT2D eigenvalue weighted by Crippen LogP contribution is -2.31. The number of carbonyl (C=O) groups is 1. The molecule has 1 rings (SSSR count). The van der Waals surface area contributed by atoms with E-state index < -0.39 is 5.60 Å². The Morgan fingerprint density at radius 3 is 2.47 bits per heavy atom. The standard InChI is InChI=1S/C13H19NO3/c1-3-12(16)17-13(2,8-9-14)10-4-6-11(15)7-5-10/h4-7,15H,3,8-9,14H2,1-2H3. The number of hydrogen-bond acceptors (Lipinski definition) is 4. The number of phenols is 1. The number of ether oxygens (including phenoxy) is 1. The number of rotatable bonds is 5. The molecule has 17 heavy (non-hydrogen) atoms. The monoisotopic (exact) mass is 237 g/mol. The average Bonchev–Trinajstić information content (AvgIpc) is 2.29. The Morgan fingerprint density at radius 1 is 1.41 bits per heavy atom. The maximum absolute atomic E-state index is 11.4. The fourth-order valence-corrected chi connectivity index (χ4v) is 1.67. The van der Waals surface area contributed by atoms with Gasteiger partial charge in [-0.25, -0.2) is 0 Å². The minimum absolute atomic E-state index is 0.186. The molecular weight excluding hydrogens is 218 g/mol. The van der Waals surface area contributed by atoms with E-state index in [0.717, 1.165) is 5.56 Å². The molecule has 0 saturated carbocycles. The first-order valence-electron chi connectivity index (χ1n) is 5.73. The highest BCUT2D eigenvalue weighted by Crippen LogP contribution is 2.30. The molecule has 1 unspecified atom stereocenters. The molecule has 3 N–H and O–H groups in total. The van der Waals surface area contributed by atoms with Crippen LogP contribution >= 0.6 is 0 Å². The van der Waals surface area contributed by atoms with Gasteiger partial charge in [0.2, 0.25) is 0 Å². The normalized spacial score (nSPS) is 14.1. The Hall–Kier alpha value is -1.55. The zero-order chi connectivity index (χ0) is 12.9. The van der Waals surface area contributed by atoms with Crippen LogP contribution in [0.3, 0.4) is 0 Å². The predicted octanol–water partition coefficient (Wildman–Crippen LogP) is 1.91. The second-order valence-corrected chi connectivity index (χ2v) is 4.14. The fraction of sp³-hybridized carbons (Fsp3) is 0.462. The molecule has 0 amide bonds. The predicted molar refractivity (Wildman–Crippen MR) is 65.5 cm³/mol. The summed E-state index contributed by atoms with van der Waals surface area (Å²) in [7, 11) is 0. The third-order valence-corrected chi connectivity index (χ3v) is 2.73. The number of nitrogens with two attached hydrogens (primary N) is 1. The zero-order valence-corrected chi connectivity index (χ0v) is 10.3. The highest BCUT2D eigenvalue weighted by atomic mass is 16.6. The van der Waals surface area contributed by atoms with Crippen molar-refractivity contribution < 1.29 is 14.6 Å². The molecule has 0 spiro atoms. The summed E-state index contributed by atoms with van der Waals surface area (Å²) in [6.07, 6.45) is 0.877. The molecule has 0 saturated heterocycles. The highest BCUT2D eigenvalue weighted by molar-refractivity contribution is 5.69. The lowest BCUT2D eigenvalue weighted by atomic mass is 9.92. The van der Waals surface area contributed by atoms with Gasteiger partial charge in [-0.3, -0.25) is 4.79 Å². The van der Waals surface area contributed by atoms with Crippen molar-refractivity contribution >= 4 is 5.97 Å². The van der Waals surface area contributed by atoms with E-state index in [-0.39, 0.29) is 11.7 Å². The van der Waals surface area contributed by atoms with Crippen molar-refractivity contribution in [1.82, 2.24) is 0 Å². The topological polar surface area (TPSA) is 72.5 Å². The minimum Gasteiger partial charge on any atom is -0.508 e. The molecule has 1 aromatic rings. The van der Waals surface area contributed by atoms with Crippen LogP contribution in [0.2, 0.25) is 0 Å². The highest BCUT2D eigenvalue weighted by Gasteiger charge is 2.29. The van der Waals surface area contributed by atoms with Gasteiger partial charge in [-0.1, -0.05) is 19.1 Å². The summed E-state index contributed by atoms with van der Waals surface area (Å²) in [5.41, 5.74) is 5.67. The van der Waals surface area contributed by atoms with Gasteiger partial charge < -0.3 is 15.6 Å². The van der Waals surface area contributed by atoms with Crippen molar-refractivity contribution in [2.45, 2.75) is 32.3 Å². The van der Waals surface area contributed by atoms with E-state index in [9.17, 15) is 9.90 Å². The van der Waals surface area contributed by atoms with Crippen molar-refractivity contribution in [3.63, 3.8) is 0 Å². The number of carbonyl (C=O) groups excluding carboxylic acids is 1. The van der Waals surface area contributed by atoms with Gasteiger partial charge in [-0.15, -0.1) is 0 Å². The molecule has 0 radical (unpaired) electrons. The third-order valence-electron chi connectivity index (χ3n) is 2.73. The first-order valence-corrected chi connectivity index (χ1v) is 5.73. The lowest BCUT2D eigenvalue weighted by molar-refractivity contribution is -0.159. The van der Waals surface area contributed by atoms with Gasteiger partial charge in [0.25, 0.3) is 0 Å². The second kappa shape index (κ2) is 5.68. The number of phenolic OH excluding ortho intramolecular Hbond substituents is 1. The van der Waals surface area contributed by atoms with Gasteiger partial charge in [-0.05, 0) is 31.2 Å². The summed E-state index contributed by atoms with van der Waals surface area (Å²) in [6.45, 7) is 4.01. The molecule has 1 atom stereocenters. The van der Waals surface area contributed by atoms with E-state index in [2.05, 4.69) is 0 Å². The SMILES string of the molecule is CCC(=O)OC(C)(CCN)c1ccc(O)cc1. The van der Waals surface area contributed by atoms with Crippen LogP contribution < -0.4 is 5.73 Å². The summed E-state index contributed by atoms with van der Waals surface area (Å²) < 4.78 is 5.45. The summed E-state index contributed by atoms with van der Waals surface area (Å²) in [6, 6.07) is 6.63. The first kappa shape index (κ1) is 13.5. The molecule has 4 nitrogen and oxygen atoms in total. The molecule has 0 heterocycles. The average molecular weight is 237 g/mol. The maximum Gasteiger partial charge on any atom is 0.306 e. The lowest BCUT2D eigenvalue weighted by Gasteiger charge is -2.29. The molecule has 0 aliphatic heterocycles. The molecule has 0 aliphatic carbocycles. The summed E-state index contributed by atoms with van der Waals surface area (Å²) in [5.74, 6) is -0.0697. The van der Waals surface area contributed by atoms with Crippen LogP contribution in [0, 0.1) is 0 Å². The third kappa shape index (κ3) is 3.46. The molecule has 1 aromatic carbocycles. The van der Waals surface area contributed by atoms with Crippen LogP contribution in [-0.2, 0) is 15.1 Å². The van der Waals surface area contributed by atoms with E-state index in [1.807, 2.05) is 6.92 Å². The van der Waals surface area contributed by atoms with Crippen molar-refractivity contribution in [1.29, 1.82) is 0 Å². The van der Waals surface area contributed by atoms with Gasteiger partial charge in [0.1, 0.15) is 11.4 Å². The van der Waals surface area contributed by atoms with Gasteiger partial charge in [0.05, 0.1) is 0 Å². The molecule has 0 fully saturated rings. The van der Waals surface area contributed by atoms with E-state index in [0.29, 0.717) is 19.4 Å². The Kier molecular flexibility index (Phi) is 4.52. The van der Waals surface area contributed by atoms with E-state index in [1.165, 1.54) is 0 Å². The number of benzene rings is 1. The van der Waals surface area contributed by atoms with Crippen molar-refractivity contribution in [2.75, 3.05) is 6.54 Å². The van der Waals surface area contributed by atoms with E-state index in [4.69, 9.17) is 10.5 Å². The smallest absolute Gasteiger partial charge is 0.306 e. The summed E-state index contributed by atoms with van der Waals surface area (Å²) in [5, 5.41) is 9.25. The molecular formula is C13H19NO3. The van der Waals surface area contributed by atoms with Crippen LogP contribution in [0.5, 0.6) is 5.75 Å². The van der Waals surface area contributed by atoms with E-state index in [1.54, 1.807) is 31.2 Å². The Labute approximate surface area is 101 Å². The Bertz CT molecular complexity index is 375. The molecule has 0 bridgehead atoms. The molecule has 4 heteroatoms. The molecule has 94 valence electrons. The van der Waals surface area contributed by atoms with Crippen molar-refractivity contribution in [2.24, 2.45) is 5.73 Å².